The topological polar surface area (TPSA) is 89.5 Å². The maximum absolute atomic E-state index is 12.9. The molecule has 0 unspecified atom stereocenters. The number of benzene rings is 3. The molecule has 0 heterocycles. The van der Waals surface area contributed by atoms with Gasteiger partial charge in [0.25, 0.3) is 5.91 Å². The summed E-state index contributed by atoms with van der Waals surface area (Å²) in [6.45, 7) is 1.22. The van der Waals surface area contributed by atoms with Crippen molar-refractivity contribution in [1.82, 2.24) is 5.32 Å². The molecule has 0 aromatic heterocycles. The van der Waals surface area contributed by atoms with Crippen molar-refractivity contribution in [2.45, 2.75) is 13.0 Å². The van der Waals surface area contributed by atoms with E-state index in [1.807, 2.05) is 6.07 Å². The van der Waals surface area contributed by atoms with Gasteiger partial charge in [0.05, 0.1) is 22.2 Å². The summed E-state index contributed by atoms with van der Waals surface area (Å²) in [7, 11) is 0. The van der Waals surface area contributed by atoms with Gasteiger partial charge in [-0.15, -0.1) is 0 Å². The molecule has 1 amide bonds. The molecule has 1 atom stereocenters. The normalized spacial score (nSPS) is 13.1. The summed E-state index contributed by atoms with van der Waals surface area (Å²) in [6, 6.07) is 15.8. The zero-order valence-corrected chi connectivity index (χ0v) is 18.9. The number of nitrogens with one attached hydrogen (secondary N) is 1. The van der Waals surface area contributed by atoms with Crippen LogP contribution in [0.4, 0.5) is 0 Å². The Morgan fingerprint density at radius 2 is 1.61 bits per heavy atom. The summed E-state index contributed by atoms with van der Waals surface area (Å²) in [5, 5.41) is 3.07. The highest BCUT2D eigenvalue weighted by Crippen LogP contribution is 2.34. The summed E-state index contributed by atoms with van der Waals surface area (Å²) < 4.78 is 5.10. The van der Waals surface area contributed by atoms with E-state index in [4.69, 9.17) is 27.9 Å². The number of ketones is 2. The minimum Gasteiger partial charge on any atom is -0.452 e. The van der Waals surface area contributed by atoms with E-state index in [1.54, 1.807) is 43.3 Å². The van der Waals surface area contributed by atoms with Crippen LogP contribution in [0.3, 0.4) is 0 Å². The number of ether oxygens (including phenoxy) is 1. The van der Waals surface area contributed by atoms with Crippen LogP contribution in [0.15, 0.2) is 60.7 Å². The molecule has 4 rings (SSSR count). The van der Waals surface area contributed by atoms with E-state index in [1.165, 1.54) is 18.2 Å². The number of hydrogen-bond acceptors (Lipinski definition) is 5. The largest absolute Gasteiger partial charge is 0.452 e. The van der Waals surface area contributed by atoms with Gasteiger partial charge in [-0.2, -0.15) is 0 Å². The van der Waals surface area contributed by atoms with Crippen LogP contribution in [0.5, 0.6) is 0 Å². The number of esters is 1. The van der Waals surface area contributed by atoms with E-state index in [0.29, 0.717) is 5.02 Å². The fourth-order valence-corrected chi connectivity index (χ4v) is 4.18. The predicted octanol–water partition coefficient (Wildman–Crippen LogP) is 4.80. The number of rotatable bonds is 5. The number of halogens is 2. The van der Waals surface area contributed by atoms with E-state index >= 15 is 0 Å². The second kappa shape index (κ2) is 9.17. The van der Waals surface area contributed by atoms with Crippen molar-refractivity contribution in [3.63, 3.8) is 0 Å². The highest BCUT2D eigenvalue weighted by Gasteiger charge is 2.33. The first-order chi connectivity index (χ1) is 15.8. The summed E-state index contributed by atoms with van der Waals surface area (Å²) in [6.07, 6.45) is 0. The second-order valence-corrected chi connectivity index (χ2v) is 8.29. The summed E-state index contributed by atoms with van der Waals surface area (Å²) in [4.78, 5) is 50.5. The lowest BCUT2D eigenvalue weighted by molar-refractivity contribution is -0.124. The molecule has 6 nitrogen and oxygen atoms in total. The van der Waals surface area contributed by atoms with Crippen molar-refractivity contribution < 1.29 is 23.9 Å². The van der Waals surface area contributed by atoms with Gasteiger partial charge in [0.15, 0.2) is 18.2 Å². The Morgan fingerprint density at radius 1 is 0.909 bits per heavy atom. The van der Waals surface area contributed by atoms with E-state index in [2.05, 4.69) is 5.32 Å². The Bertz CT molecular complexity index is 1320. The van der Waals surface area contributed by atoms with Crippen LogP contribution in [-0.2, 0) is 9.53 Å². The zero-order valence-electron chi connectivity index (χ0n) is 17.4. The van der Waals surface area contributed by atoms with Crippen molar-refractivity contribution in [3.8, 4) is 0 Å². The van der Waals surface area contributed by atoms with E-state index in [0.717, 1.165) is 5.56 Å². The fraction of sp³-hybridized carbons (Fsp3) is 0.120. The van der Waals surface area contributed by atoms with Crippen molar-refractivity contribution in [1.29, 1.82) is 0 Å². The Balaban J connectivity index is 1.48. The molecule has 3 aromatic rings. The molecular formula is C25H17Cl2NO5. The lowest BCUT2D eigenvalue weighted by atomic mass is 9.83. The first kappa shape index (κ1) is 22.7. The molecule has 1 N–H and O–H groups in total. The first-order valence-corrected chi connectivity index (χ1v) is 10.8. The third kappa shape index (κ3) is 4.40. The van der Waals surface area contributed by atoms with Gasteiger partial charge in [-0.05, 0) is 36.8 Å². The highest BCUT2D eigenvalue weighted by molar-refractivity contribution is 6.41. The fourth-order valence-electron chi connectivity index (χ4n) is 3.66. The zero-order chi connectivity index (χ0) is 23.7. The Kier molecular flexibility index (Phi) is 6.31. The number of amides is 1. The lowest BCUT2D eigenvalue weighted by Gasteiger charge is -2.19. The molecule has 1 aliphatic carbocycles. The number of hydrogen-bond donors (Lipinski definition) is 1. The molecule has 166 valence electrons. The molecule has 0 spiro atoms. The Hall–Kier alpha value is -3.48. The van der Waals surface area contributed by atoms with Gasteiger partial charge in [0, 0.05) is 21.7 Å². The van der Waals surface area contributed by atoms with E-state index in [9.17, 15) is 19.2 Å². The monoisotopic (exact) mass is 481 g/mol. The minimum absolute atomic E-state index is 0.0474. The van der Waals surface area contributed by atoms with E-state index < -0.39 is 24.3 Å². The smallest absolute Gasteiger partial charge is 0.340 e. The predicted molar refractivity (Wildman–Crippen MR) is 123 cm³/mol. The molecule has 0 saturated heterocycles. The van der Waals surface area contributed by atoms with Crippen molar-refractivity contribution >= 4 is 46.6 Å². The van der Waals surface area contributed by atoms with Crippen LogP contribution in [0, 0.1) is 0 Å². The van der Waals surface area contributed by atoms with Crippen LogP contribution < -0.4 is 5.32 Å². The van der Waals surface area contributed by atoms with Gasteiger partial charge in [0.1, 0.15) is 0 Å². The van der Waals surface area contributed by atoms with Gasteiger partial charge >= 0.3 is 5.97 Å². The van der Waals surface area contributed by atoms with Crippen molar-refractivity contribution in [3.05, 3.63) is 104 Å². The lowest BCUT2D eigenvalue weighted by Crippen LogP contribution is -2.31. The van der Waals surface area contributed by atoms with Gasteiger partial charge in [0.2, 0.25) is 0 Å². The SMILES string of the molecule is C[C@@H](NC(=O)COC(=O)c1ccc2c(c1Cl)C(=O)c1ccccc1C2=O)c1cccc(Cl)c1. The summed E-state index contributed by atoms with van der Waals surface area (Å²) in [5.41, 5.74) is 1.26. The quantitative estimate of drug-likeness (QED) is 0.413. The maximum Gasteiger partial charge on any atom is 0.340 e. The number of fused-ring (bicyclic) bond motifs is 2. The van der Waals surface area contributed by atoms with Crippen LogP contribution >= 0.6 is 23.2 Å². The molecule has 1 aliphatic rings. The van der Waals surface area contributed by atoms with Crippen LogP contribution in [0.25, 0.3) is 0 Å². The number of carbonyl (C=O) groups is 4. The molecule has 0 aliphatic heterocycles. The van der Waals surface area contributed by atoms with Gasteiger partial charge in [-0.1, -0.05) is 59.6 Å². The van der Waals surface area contributed by atoms with Gasteiger partial charge in [-0.25, -0.2) is 4.79 Å². The van der Waals surface area contributed by atoms with Crippen molar-refractivity contribution in [2.75, 3.05) is 6.61 Å². The van der Waals surface area contributed by atoms with Crippen LogP contribution in [-0.4, -0.2) is 30.0 Å². The minimum atomic E-state index is -0.882. The van der Waals surface area contributed by atoms with Crippen LogP contribution in [0.1, 0.15) is 60.7 Å². The molecule has 0 radical (unpaired) electrons. The molecule has 0 bridgehead atoms. The standard InChI is InChI=1S/C25H17Cl2NO5/c1-13(14-5-4-6-15(26)11-14)28-20(29)12-33-25(32)19-10-9-18-21(22(19)27)24(31)17-8-3-2-7-16(17)23(18)30/h2-11,13H,12H2,1H3,(H,28,29)/t13-/m1/s1. The second-order valence-electron chi connectivity index (χ2n) is 7.47. The van der Waals surface area contributed by atoms with Gasteiger partial charge in [-0.3, -0.25) is 14.4 Å². The molecule has 8 heteroatoms. The molecule has 0 saturated carbocycles. The Labute approximate surface area is 199 Å². The average Bonchev–Trinajstić information content (AvgIpc) is 2.80. The maximum atomic E-state index is 12.9. The summed E-state index contributed by atoms with van der Waals surface area (Å²) in [5.74, 6) is -2.21. The van der Waals surface area contributed by atoms with Gasteiger partial charge < -0.3 is 10.1 Å². The third-order valence-corrected chi connectivity index (χ3v) is 5.94. The third-order valence-electron chi connectivity index (χ3n) is 5.31. The average molecular weight is 482 g/mol. The molecule has 33 heavy (non-hydrogen) atoms. The van der Waals surface area contributed by atoms with Crippen LogP contribution in [0.2, 0.25) is 10.0 Å². The first-order valence-electron chi connectivity index (χ1n) is 10.0. The molecule has 0 fully saturated rings. The Morgan fingerprint density at radius 3 is 2.30 bits per heavy atom. The molecular weight excluding hydrogens is 465 g/mol. The van der Waals surface area contributed by atoms with Crippen molar-refractivity contribution in [2.24, 2.45) is 0 Å². The van der Waals surface area contributed by atoms with E-state index in [-0.39, 0.29) is 44.7 Å². The highest BCUT2D eigenvalue weighted by atomic mass is 35.5. The summed E-state index contributed by atoms with van der Waals surface area (Å²) >= 11 is 12.3. The number of carbonyl (C=O) groups excluding carboxylic acids is 4. The molecule has 3 aromatic carbocycles.